The van der Waals surface area contributed by atoms with Gasteiger partial charge in [0.2, 0.25) is 0 Å². The first kappa shape index (κ1) is 13.2. The zero-order valence-corrected chi connectivity index (χ0v) is 11.5. The number of hydrogen-bond acceptors (Lipinski definition) is 2. The van der Waals surface area contributed by atoms with Crippen molar-refractivity contribution in [1.29, 1.82) is 0 Å². The van der Waals surface area contributed by atoms with Crippen molar-refractivity contribution in [3.63, 3.8) is 0 Å². The van der Waals surface area contributed by atoms with Gasteiger partial charge in [-0.3, -0.25) is 0 Å². The van der Waals surface area contributed by atoms with Crippen molar-refractivity contribution in [3.8, 4) is 23.6 Å². The highest BCUT2D eigenvalue weighted by Gasteiger charge is 2.16. The van der Waals surface area contributed by atoms with Crippen LogP contribution in [0.3, 0.4) is 0 Å². The Balaban J connectivity index is 2.56. The minimum atomic E-state index is 0.472. The Morgan fingerprint density at radius 1 is 1.37 bits per heavy atom. The third kappa shape index (κ3) is 2.48. The van der Waals surface area contributed by atoms with E-state index in [4.69, 9.17) is 17.1 Å². The second-order valence-electron chi connectivity index (χ2n) is 4.62. The maximum atomic E-state index is 6.23. The number of hydrogen-bond donors (Lipinski definition) is 1. The van der Waals surface area contributed by atoms with Gasteiger partial charge in [-0.2, -0.15) is 0 Å². The van der Waals surface area contributed by atoms with Crippen molar-refractivity contribution in [1.82, 2.24) is 9.55 Å². The molecular formula is C16H19N3. The minimum Gasteiger partial charge on any atom is -0.383 e. The Labute approximate surface area is 114 Å². The van der Waals surface area contributed by atoms with E-state index in [2.05, 4.69) is 25.8 Å². The summed E-state index contributed by atoms with van der Waals surface area (Å²) >= 11 is 0. The van der Waals surface area contributed by atoms with Crippen molar-refractivity contribution in [2.75, 3.05) is 5.73 Å². The molecule has 0 bridgehead atoms. The van der Waals surface area contributed by atoms with E-state index in [1.54, 1.807) is 0 Å². The molecule has 3 heteroatoms. The number of aryl methyl sites for hydroxylation is 2. The Bertz CT molecular complexity index is 617. The Morgan fingerprint density at radius 2 is 2.11 bits per heavy atom. The lowest BCUT2D eigenvalue weighted by Gasteiger charge is -2.06. The van der Waals surface area contributed by atoms with Gasteiger partial charge in [0.05, 0.1) is 6.54 Å². The number of nitrogen functional groups attached to an aromatic ring is 1. The Morgan fingerprint density at radius 3 is 2.74 bits per heavy atom. The molecule has 0 atom stereocenters. The predicted octanol–water partition coefficient (Wildman–Crippen LogP) is 3.03. The van der Waals surface area contributed by atoms with E-state index in [9.17, 15) is 0 Å². The predicted molar refractivity (Wildman–Crippen MR) is 79.6 cm³/mol. The topological polar surface area (TPSA) is 43.8 Å². The number of terminal acetylenes is 1. The molecular weight excluding hydrogens is 234 g/mol. The van der Waals surface area contributed by atoms with E-state index in [0.29, 0.717) is 12.4 Å². The molecule has 0 aliphatic rings. The van der Waals surface area contributed by atoms with Crippen molar-refractivity contribution in [2.45, 2.75) is 33.2 Å². The number of rotatable bonds is 4. The van der Waals surface area contributed by atoms with Gasteiger partial charge in [0.15, 0.2) is 0 Å². The lowest BCUT2D eigenvalue weighted by molar-refractivity contribution is 0.733. The molecule has 1 aromatic carbocycles. The third-order valence-electron chi connectivity index (χ3n) is 3.21. The smallest absolute Gasteiger partial charge is 0.132 e. The van der Waals surface area contributed by atoms with E-state index in [1.807, 2.05) is 22.8 Å². The molecule has 1 heterocycles. The number of nitrogens with zero attached hydrogens (tertiary/aromatic N) is 2. The van der Waals surface area contributed by atoms with Crippen LogP contribution in [0.25, 0.3) is 11.3 Å². The fourth-order valence-corrected chi connectivity index (χ4v) is 2.23. The first-order valence-corrected chi connectivity index (χ1v) is 6.53. The summed E-state index contributed by atoms with van der Waals surface area (Å²) in [6, 6.07) is 8.13. The first-order chi connectivity index (χ1) is 9.19. The van der Waals surface area contributed by atoms with Crippen molar-refractivity contribution in [3.05, 3.63) is 35.7 Å². The molecule has 0 aliphatic heterocycles. The number of nitrogens with two attached hydrogens (primary N) is 1. The molecule has 0 spiro atoms. The largest absolute Gasteiger partial charge is 0.383 e. The maximum absolute atomic E-state index is 6.23. The summed E-state index contributed by atoms with van der Waals surface area (Å²) < 4.78 is 1.94. The average molecular weight is 253 g/mol. The van der Waals surface area contributed by atoms with E-state index in [0.717, 1.165) is 29.9 Å². The van der Waals surface area contributed by atoms with E-state index in [-0.39, 0.29) is 0 Å². The molecule has 98 valence electrons. The van der Waals surface area contributed by atoms with Gasteiger partial charge >= 0.3 is 0 Å². The summed E-state index contributed by atoms with van der Waals surface area (Å²) in [7, 11) is 0. The molecule has 0 amide bonds. The second kappa shape index (κ2) is 5.62. The number of aromatic nitrogens is 2. The monoisotopic (exact) mass is 253 g/mol. The molecule has 2 rings (SSSR count). The van der Waals surface area contributed by atoms with Crippen LogP contribution >= 0.6 is 0 Å². The normalized spacial score (nSPS) is 10.4. The van der Waals surface area contributed by atoms with Gasteiger partial charge in [-0.05, 0) is 18.9 Å². The van der Waals surface area contributed by atoms with Gasteiger partial charge in [0, 0.05) is 12.0 Å². The van der Waals surface area contributed by atoms with Gasteiger partial charge in [-0.25, -0.2) is 4.98 Å². The maximum Gasteiger partial charge on any atom is 0.132 e. The third-order valence-corrected chi connectivity index (χ3v) is 3.21. The van der Waals surface area contributed by atoms with E-state index >= 15 is 0 Å². The zero-order valence-electron chi connectivity index (χ0n) is 11.5. The van der Waals surface area contributed by atoms with Crippen LogP contribution in [-0.4, -0.2) is 9.55 Å². The highest BCUT2D eigenvalue weighted by molar-refractivity contribution is 5.73. The van der Waals surface area contributed by atoms with Crippen molar-refractivity contribution < 1.29 is 0 Å². The molecule has 0 aliphatic carbocycles. The van der Waals surface area contributed by atoms with Crippen LogP contribution in [0.5, 0.6) is 0 Å². The standard InChI is InChI=1S/C16H19N3/c1-4-8-14-18-15(16(17)19(14)11-5-2)13-10-7-6-9-12(13)3/h2,6-7,9-10H,4,8,11,17H2,1,3H3. The summed E-state index contributed by atoms with van der Waals surface area (Å²) in [6.45, 7) is 4.66. The van der Waals surface area contributed by atoms with Crippen LogP contribution in [0.2, 0.25) is 0 Å². The summed E-state index contributed by atoms with van der Waals surface area (Å²) in [5, 5.41) is 0. The molecule has 19 heavy (non-hydrogen) atoms. The van der Waals surface area contributed by atoms with Gasteiger partial charge < -0.3 is 10.3 Å². The van der Waals surface area contributed by atoms with Gasteiger partial charge in [0.25, 0.3) is 0 Å². The van der Waals surface area contributed by atoms with Crippen LogP contribution in [0.4, 0.5) is 5.82 Å². The van der Waals surface area contributed by atoms with Crippen molar-refractivity contribution >= 4 is 5.82 Å². The molecule has 3 nitrogen and oxygen atoms in total. The number of anilines is 1. The van der Waals surface area contributed by atoms with Gasteiger partial charge in [-0.1, -0.05) is 37.1 Å². The van der Waals surface area contributed by atoms with E-state index in [1.165, 1.54) is 5.56 Å². The fourth-order valence-electron chi connectivity index (χ4n) is 2.23. The average Bonchev–Trinajstić information content (AvgIpc) is 2.69. The van der Waals surface area contributed by atoms with Gasteiger partial charge in [0.1, 0.15) is 17.3 Å². The molecule has 2 N–H and O–H groups in total. The summed E-state index contributed by atoms with van der Waals surface area (Å²) in [6.07, 6.45) is 7.33. The Kier molecular flexibility index (Phi) is 3.91. The molecule has 0 saturated heterocycles. The van der Waals surface area contributed by atoms with Crippen LogP contribution < -0.4 is 5.73 Å². The zero-order chi connectivity index (χ0) is 13.8. The van der Waals surface area contributed by atoms with Crippen LogP contribution in [-0.2, 0) is 13.0 Å². The summed E-state index contributed by atoms with van der Waals surface area (Å²) in [4.78, 5) is 4.69. The second-order valence-corrected chi connectivity index (χ2v) is 4.62. The number of benzene rings is 1. The molecule has 0 unspecified atom stereocenters. The van der Waals surface area contributed by atoms with Crippen LogP contribution in [0.1, 0.15) is 24.7 Å². The van der Waals surface area contributed by atoms with Crippen LogP contribution in [0, 0.1) is 19.3 Å². The first-order valence-electron chi connectivity index (χ1n) is 6.53. The molecule has 0 radical (unpaired) electrons. The lowest BCUT2D eigenvalue weighted by Crippen LogP contribution is -2.06. The highest BCUT2D eigenvalue weighted by Crippen LogP contribution is 2.29. The highest BCUT2D eigenvalue weighted by atomic mass is 15.1. The molecule has 1 aromatic heterocycles. The summed E-state index contributed by atoms with van der Waals surface area (Å²) in [5.41, 5.74) is 9.32. The Hall–Kier alpha value is -2.21. The van der Waals surface area contributed by atoms with Crippen molar-refractivity contribution in [2.24, 2.45) is 0 Å². The molecule has 0 saturated carbocycles. The number of imidazole rings is 1. The lowest BCUT2D eigenvalue weighted by atomic mass is 10.1. The van der Waals surface area contributed by atoms with E-state index < -0.39 is 0 Å². The summed E-state index contributed by atoms with van der Waals surface area (Å²) in [5.74, 6) is 4.28. The molecule has 0 fully saturated rings. The minimum absolute atomic E-state index is 0.472. The molecule has 2 aromatic rings. The fraction of sp³-hybridized carbons (Fsp3) is 0.312. The SMILES string of the molecule is C#CCn1c(CCC)nc(-c2ccccc2C)c1N. The van der Waals surface area contributed by atoms with Crippen LogP contribution in [0.15, 0.2) is 24.3 Å². The van der Waals surface area contributed by atoms with Gasteiger partial charge in [-0.15, -0.1) is 6.42 Å². The quantitative estimate of drug-likeness (QED) is 0.851.